The number of methoxy groups -OCH3 is 1. The Morgan fingerprint density at radius 2 is 1.88 bits per heavy atom. The van der Waals surface area contributed by atoms with Gasteiger partial charge in [0.2, 0.25) is 0 Å². The standard InChI is InChI=1S/C19H23ClN2O3.ClH/c1-13(21)9-10-22-19(23)15-5-8-17(18(11-15)24-2)25-12-14-3-6-16(20)7-4-14;/h3-8,11,13H,9-10,12,21H2,1-2H3,(H,22,23);1H. The number of nitrogens with one attached hydrogen (secondary N) is 1. The van der Waals surface area contributed by atoms with Crippen molar-refractivity contribution in [2.75, 3.05) is 13.7 Å². The molecule has 0 fully saturated rings. The van der Waals surface area contributed by atoms with Crippen molar-refractivity contribution in [1.29, 1.82) is 0 Å². The van der Waals surface area contributed by atoms with Gasteiger partial charge in [0.15, 0.2) is 11.5 Å². The lowest BCUT2D eigenvalue weighted by atomic mass is 10.1. The van der Waals surface area contributed by atoms with E-state index in [2.05, 4.69) is 5.32 Å². The zero-order chi connectivity index (χ0) is 18.2. The first-order valence-corrected chi connectivity index (χ1v) is 8.46. The molecule has 2 aromatic carbocycles. The van der Waals surface area contributed by atoms with Gasteiger partial charge in [0, 0.05) is 23.2 Å². The first kappa shape index (κ1) is 22.1. The molecule has 1 amide bonds. The van der Waals surface area contributed by atoms with Crippen molar-refractivity contribution in [2.45, 2.75) is 26.0 Å². The number of hydrogen-bond acceptors (Lipinski definition) is 4. The number of amides is 1. The highest BCUT2D eigenvalue weighted by Crippen LogP contribution is 2.29. The van der Waals surface area contributed by atoms with Crippen LogP contribution in [0.2, 0.25) is 5.02 Å². The van der Waals surface area contributed by atoms with Crippen LogP contribution >= 0.6 is 24.0 Å². The maximum absolute atomic E-state index is 12.2. The molecule has 2 aromatic rings. The second kappa shape index (κ2) is 10.9. The van der Waals surface area contributed by atoms with Crippen LogP contribution in [-0.2, 0) is 6.61 Å². The van der Waals surface area contributed by atoms with Crippen molar-refractivity contribution in [2.24, 2.45) is 5.73 Å². The molecule has 1 unspecified atom stereocenters. The van der Waals surface area contributed by atoms with E-state index in [0.717, 1.165) is 12.0 Å². The zero-order valence-corrected chi connectivity index (χ0v) is 16.4. The van der Waals surface area contributed by atoms with Crippen LogP contribution in [0.15, 0.2) is 42.5 Å². The molecule has 7 heteroatoms. The largest absolute Gasteiger partial charge is 0.493 e. The van der Waals surface area contributed by atoms with Gasteiger partial charge < -0.3 is 20.5 Å². The van der Waals surface area contributed by atoms with Crippen LogP contribution in [0.4, 0.5) is 0 Å². The second-order valence-electron chi connectivity index (χ2n) is 5.80. The second-order valence-corrected chi connectivity index (χ2v) is 6.24. The highest BCUT2D eigenvalue weighted by atomic mass is 35.5. The molecule has 3 N–H and O–H groups in total. The average molecular weight is 399 g/mol. The Bertz CT molecular complexity index is 706. The summed E-state index contributed by atoms with van der Waals surface area (Å²) < 4.78 is 11.1. The van der Waals surface area contributed by atoms with Gasteiger partial charge in [-0.05, 0) is 49.2 Å². The smallest absolute Gasteiger partial charge is 0.251 e. The predicted molar refractivity (Wildman–Crippen MR) is 107 cm³/mol. The molecule has 0 aliphatic carbocycles. The van der Waals surface area contributed by atoms with Crippen LogP contribution in [0, 0.1) is 0 Å². The van der Waals surface area contributed by atoms with Gasteiger partial charge in [0.1, 0.15) is 6.61 Å². The quantitative estimate of drug-likeness (QED) is 0.708. The molecule has 0 heterocycles. The van der Waals surface area contributed by atoms with Gasteiger partial charge in [-0.1, -0.05) is 23.7 Å². The summed E-state index contributed by atoms with van der Waals surface area (Å²) in [5.74, 6) is 0.918. The van der Waals surface area contributed by atoms with E-state index in [0.29, 0.717) is 35.2 Å². The fraction of sp³-hybridized carbons (Fsp3) is 0.316. The Hall–Kier alpha value is -1.95. The van der Waals surface area contributed by atoms with Crippen molar-refractivity contribution < 1.29 is 14.3 Å². The molecule has 0 saturated carbocycles. The van der Waals surface area contributed by atoms with E-state index >= 15 is 0 Å². The van der Waals surface area contributed by atoms with Gasteiger partial charge in [-0.15, -0.1) is 12.4 Å². The minimum absolute atomic E-state index is 0. The highest BCUT2D eigenvalue weighted by Gasteiger charge is 2.11. The topological polar surface area (TPSA) is 73.6 Å². The van der Waals surface area contributed by atoms with Crippen molar-refractivity contribution >= 4 is 29.9 Å². The van der Waals surface area contributed by atoms with Crippen molar-refractivity contribution in [1.82, 2.24) is 5.32 Å². The first-order chi connectivity index (χ1) is 12.0. The predicted octanol–water partition coefficient (Wildman–Crippen LogP) is 3.82. The van der Waals surface area contributed by atoms with E-state index < -0.39 is 0 Å². The van der Waals surface area contributed by atoms with E-state index in [-0.39, 0.29) is 24.4 Å². The number of ether oxygens (including phenoxy) is 2. The van der Waals surface area contributed by atoms with Crippen LogP contribution in [0.5, 0.6) is 11.5 Å². The van der Waals surface area contributed by atoms with Gasteiger partial charge >= 0.3 is 0 Å². The van der Waals surface area contributed by atoms with E-state index in [1.807, 2.05) is 31.2 Å². The van der Waals surface area contributed by atoms with E-state index in [9.17, 15) is 4.79 Å². The Kier molecular flexibility index (Phi) is 9.27. The first-order valence-electron chi connectivity index (χ1n) is 8.08. The third-order valence-electron chi connectivity index (χ3n) is 3.62. The normalized spacial score (nSPS) is 11.2. The van der Waals surface area contributed by atoms with Crippen LogP contribution in [-0.4, -0.2) is 25.6 Å². The Morgan fingerprint density at radius 3 is 2.50 bits per heavy atom. The van der Waals surface area contributed by atoms with Gasteiger partial charge in [0.25, 0.3) is 5.91 Å². The number of hydrogen-bond donors (Lipinski definition) is 2. The number of carbonyl (C=O) groups excluding carboxylic acids is 1. The average Bonchev–Trinajstić information content (AvgIpc) is 2.60. The minimum Gasteiger partial charge on any atom is -0.493 e. The summed E-state index contributed by atoms with van der Waals surface area (Å²) in [4.78, 5) is 12.2. The SMILES string of the molecule is COc1cc(C(=O)NCCC(C)N)ccc1OCc1ccc(Cl)cc1.Cl. The van der Waals surface area contributed by atoms with Crippen molar-refractivity contribution in [3.05, 3.63) is 58.6 Å². The Balaban J connectivity index is 0.00000338. The molecule has 0 aliphatic heterocycles. The molecular weight excluding hydrogens is 375 g/mol. The number of rotatable bonds is 8. The highest BCUT2D eigenvalue weighted by molar-refractivity contribution is 6.30. The monoisotopic (exact) mass is 398 g/mol. The van der Waals surface area contributed by atoms with Crippen LogP contribution in [0.25, 0.3) is 0 Å². The summed E-state index contributed by atoms with van der Waals surface area (Å²) in [5, 5.41) is 3.52. The molecule has 142 valence electrons. The lowest BCUT2D eigenvalue weighted by Gasteiger charge is -2.13. The molecular formula is C19H24Cl2N2O3. The number of benzene rings is 2. The summed E-state index contributed by atoms with van der Waals surface area (Å²) in [5.41, 5.74) is 7.18. The molecule has 0 aromatic heterocycles. The van der Waals surface area contributed by atoms with Crippen LogP contribution in [0.1, 0.15) is 29.3 Å². The number of nitrogens with two attached hydrogens (primary N) is 1. The lowest BCUT2D eigenvalue weighted by molar-refractivity contribution is 0.0952. The van der Waals surface area contributed by atoms with Crippen LogP contribution < -0.4 is 20.5 Å². The molecule has 0 spiro atoms. The van der Waals surface area contributed by atoms with Crippen molar-refractivity contribution in [3.8, 4) is 11.5 Å². The minimum atomic E-state index is -0.164. The third-order valence-corrected chi connectivity index (χ3v) is 3.87. The summed E-state index contributed by atoms with van der Waals surface area (Å²) in [6.07, 6.45) is 0.727. The van der Waals surface area contributed by atoms with Gasteiger partial charge in [-0.2, -0.15) is 0 Å². The molecule has 2 rings (SSSR count). The van der Waals surface area contributed by atoms with E-state index in [1.165, 1.54) is 0 Å². The van der Waals surface area contributed by atoms with Gasteiger partial charge in [0.05, 0.1) is 7.11 Å². The summed E-state index contributed by atoms with van der Waals surface area (Å²) in [6.45, 7) is 2.82. The van der Waals surface area contributed by atoms with Gasteiger partial charge in [-0.25, -0.2) is 0 Å². The van der Waals surface area contributed by atoms with Crippen LogP contribution in [0.3, 0.4) is 0 Å². The summed E-state index contributed by atoms with van der Waals surface area (Å²) >= 11 is 5.87. The molecule has 26 heavy (non-hydrogen) atoms. The number of halogens is 2. The van der Waals surface area contributed by atoms with Crippen molar-refractivity contribution in [3.63, 3.8) is 0 Å². The molecule has 0 radical (unpaired) electrons. The maximum atomic E-state index is 12.2. The summed E-state index contributed by atoms with van der Waals surface area (Å²) in [7, 11) is 1.54. The maximum Gasteiger partial charge on any atom is 0.251 e. The molecule has 0 aliphatic rings. The van der Waals surface area contributed by atoms with E-state index in [4.69, 9.17) is 26.8 Å². The molecule has 0 bridgehead atoms. The lowest BCUT2D eigenvalue weighted by Crippen LogP contribution is -2.28. The number of carbonyl (C=O) groups is 1. The fourth-order valence-electron chi connectivity index (χ4n) is 2.19. The zero-order valence-electron chi connectivity index (χ0n) is 14.8. The fourth-order valence-corrected chi connectivity index (χ4v) is 2.31. The summed E-state index contributed by atoms with van der Waals surface area (Å²) in [6, 6.07) is 12.6. The Labute approximate surface area is 165 Å². The van der Waals surface area contributed by atoms with E-state index in [1.54, 1.807) is 25.3 Å². The third kappa shape index (κ3) is 6.75. The molecule has 0 saturated heterocycles. The molecule has 5 nitrogen and oxygen atoms in total. The molecule has 1 atom stereocenters. The van der Waals surface area contributed by atoms with Gasteiger partial charge in [-0.3, -0.25) is 4.79 Å². The Morgan fingerprint density at radius 1 is 1.19 bits per heavy atom.